The minimum absolute atomic E-state index is 0.0730. The predicted molar refractivity (Wildman–Crippen MR) is 126 cm³/mol. The standard InChI is InChI=1S/C21H24Cl3N3OS/c22-17-4-2-16(3-5-17)15-27-11-9-26(10-12-27)8-1-13-29-21(28)25-18-6-7-19(23)20(24)14-18/h2-7,14H,1,8-13,15H2,(H,25,28). The number of carbonyl (C=O) groups is 1. The molecule has 1 N–H and O–H groups in total. The zero-order valence-corrected chi connectivity index (χ0v) is 19.1. The predicted octanol–water partition coefficient (Wildman–Crippen LogP) is 6.12. The van der Waals surface area contributed by atoms with Gasteiger partial charge in [0, 0.05) is 49.2 Å². The number of hydrogen-bond acceptors (Lipinski definition) is 4. The van der Waals surface area contributed by atoms with Crippen LogP contribution in [-0.2, 0) is 6.54 Å². The first-order chi connectivity index (χ1) is 14.0. The van der Waals surface area contributed by atoms with Crippen LogP contribution in [0, 0.1) is 0 Å². The molecule has 0 unspecified atom stereocenters. The van der Waals surface area contributed by atoms with Gasteiger partial charge >= 0.3 is 0 Å². The number of piperazine rings is 1. The zero-order chi connectivity index (χ0) is 20.6. The van der Waals surface area contributed by atoms with Crippen LogP contribution < -0.4 is 5.32 Å². The van der Waals surface area contributed by atoms with E-state index in [0.29, 0.717) is 15.7 Å². The van der Waals surface area contributed by atoms with E-state index in [4.69, 9.17) is 34.8 Å². The first-order valence-corrected chi connectivity index (χ1v) is 11.7. The molecule has 8 heteroatoms. The summed E-state index contributed by atoms with van der Waals surface area (Å²) in [7, 11) is 0. The molecule has 1 amide bonds. The third kappa shape index (κ3) is 7.67. The van der Waals surface area contributed by atoms with Crippen LogP contribution >= 0.6 is 46.6 Å². The molecule has 29 heavy (non-hydrogen) atoms. The van der Waals surface area contributed by atoms with E-state index in [1.165, 1.54) is 17.3 Å². The summed E-state index contributed by atoms with van der Waals surface area (Å²) in [6, 6.07) is 13.2. The molecule has 1 aliphatic rings. The van der Waals surface area contributed by atoms with Crippen molar-refractivity contribution in [2.24, 2.45) is 0 Å². The first kappa shape index (κ1) is 22.7. The molecule has 0 radical (unpaired) electrons. The monoisotopic (exact) mass is 471 g/mol. The highest BCUT2D eigenvalue weighted by atomic mass is 35.5. The lowest BCUT2D eigenvalue weighted by molar-refractivity contribution is 0.127. The van der Waals surface area contributed by atoms with E-state index in [9.17, 15) is 4.79 Å². The molecule has 1 fully saturated rings. The maximum atomic E-state index is 12.0. The van der Waals surface area contributed by atoms with Gasteiger partial charge in [-0.1, -0.05) is 58.7 Å². The Morgan fingerprint density at radius 1 is 0.931 bits per heavy atom. The zero-order valence-electron chi connectivity index (χ0n) is 16.0. The fraction of sp³-hybridized carbons (Fsp3) is 0.381. The number of amides is 1. The van der Waals surface area contributed by atoms with Crippen molar-refractivity contribution in [3.63, 3.8) is 0 Å². The minimum atomic E-state index is -0.0730. The van der Waals surface area contributed by atoms with E-state index < -0.39 is 0 Å². The van der Waals surface area contributed by atoms with Crippen LogP contribution in [0.3, 0.4) is 0 Å². The molecule has 1 saturated heterocycles. The number of carbonyl (C=O) groups excluding carboxylic acids is 1. The SMILES string of the molecule is O=C(Nc1ccc(Cl)c(Cl)c1)SCCCN1CCN(Cc2ccc(Cl)cc2)CC1. The highest BCUT2D eigenvalue weighted by Gasteiger charge is 2.16. The van der Waals surface area contributed by atoms with Crippen LogP contribution in [0.5, 0.6) is 0 Å². The van der Waals surface area contributed by atoms with Crippen molar-refractivity contribution in [1.29, 1.82) is 0 Å². The Hall–Kier alpha value is -0.950. The molecule has 0 aromatic heterocycles. The molecule has 1 aliphatic heterocycles. The Morgan fingerprint density at radius 3 is 2.31 bits per heavy atom. The molecule has 0 saturated carbocycles. The molecule has 2 aromatic carbocycles. The molecular formula is C21H24Cl3N3OS. The van der Waals surface area contributed by atoms with Gasteiger partial charge in [0.25, 0.3) is 5.24 Å². The third-order valence-electron chi connectivity index (χ3n) is 4.80. The van der Waals surface area contributed by atoms with E-state index in [2.05, 4.69) is 27.2 Å². The van der Waals surface area contributed by atoms with Gasteiger partial charge in [-0.25, -0.2) is 0 Å². The molecule has 1 heterocycles. The van der Waals surface area contributed by atoms with Gasteiger partial charge < -0.3 is 10.2 Å². The van der Waals surface area contributed by atoms with Crippen molar-refractivity contribution in [3.8, 4) is 0 Å². The lowest BCUT2D eigenvalue weighted by Gasteiger charge is -2.34. The summed E-state index contributed by atoms with van der Waals surface area (Å²) in [6.07, 6.45) is 0.983. The van der Waals surface area contributed by atoms with Gasteiger partial charge in [0.2, 0.25) is 0 Å². The van der Waals surface area contributed by atoms with E-state index >= 15 is 0 Å². The largest absolute Gasteiger partial charge is 0.317 e. The Balaban J connectivity index is 1.29. The van der Waals surface area contributed by atoms with Crippen LogP contribution in [0.2, 0.25) is 15.1 Å². The normalized spacial score (nSPS) is 15.4. The van der Waals surface area contributed by atoms with Crippen molar-refractivity contribution in [1.82, 2.24) is 9.80 Å². The van der Waals surface area contributed by atoms with Gasteiger partial charge in [0.1, 0.15) is 0 Å². The molecule has 0 bridgehead atoms. The minimum Gasteiger partial charge on any atom is -0.317 e. The van der Waals surface area contributed by atoms with Crippen LogP contribution in [-0.4, -0.2) is 53.5 Å². The van der Waals surface area contributed by atoms with Gasteiger partial charge in [0.05, 0.1) is 10.0 Å². The number of halogens is 3. The Bertz CT molecular complexity index is 811. The first-order valence-electron chi connectivity index (χ1n) is 9.57. The third-order valence-corrected chi connectivity index (χ3v) is 6.65. The van der Waals surface area contributed by atoms with Gasteiger partial charge in [-0.05, 0) is 48.9 Å². The van der Waals surface area contributed by atoms with Gasteiger partial charge in [-0.2, -0.15) is 0 Å². The average molecular weight is 473 g/mol. The van der Waals surface area contributed by atoms with Crippen LogP contribution in [0.25, 0.3) is 0 Å². The van der Waals surface area contributed by atoms with Crippen molar-refractivity contribution < 1.29 is 4.79 Å². The number of anilines is 1. The van der Waals surface area contributed by atoms with Crippen LogP contribution in [0.1, 0.15) is 12.0 Å². The summed E-state index contributed by atoms with van der Waals surface area (Å²) in [6.45, 7) is 6.24. The second-order valence-electron chi connectivity index (χ2n) is 6.99. The maximum Gasteiger partial charge on any atom is 0.283 e. The number of nitrogens with one attached hydrogen (secondary N) is 1. The number of rotatable bonds is 7. The van der Waals surface area contributed by atoms with Gasteiger partial charge in [-0.15, -0.1) is 0 Å². The summed E-state index contributed by atoms with van der Waals surface area (Å²) in [5.41, 5.74) is 1.96. The summed E-state index contributed by atoms with van der Waals surface area (Å²) in [4.78, 5) is 17.0. The molecule has 0 spiro atoms. The van der Waals surface area contributed by atoms with E-state index in [1.807, 2.05) is 12.1 Å². The lowest BCUT2D eigenvalue weighted by atomic mass is 10.2. The maximum absolute atomic E-state index is 12.0. The molecule has 2 aromatic rings. The fourth-order valence-corrected chi connectivity index (χ4v) is 4.27. The number of hydrogen-bond donors (Lipinski definition) is 1. The van der Waals surface area contributed by atoms with E-state index in [0.717, 1.165) is 56.5 Å². The molecule has 0 atom stereocenters. The topological polar surface area (TPSA) is 35.6 Å². The van der Waals surface area contributed by atoms with Crippen LogP contribution in [0.15, 0.2) is 42.5 Å². The average Bonchev–Trinajstić information content (AvgIpc) is 2.71. The fourth-order valence-electron chi connectivity index (χ4n) is 3.20. The van der Waals surface area contributed by atoms with Gasteiger partial charge in [-0.3, -0.25) is 9.69 Å². The second kappa shape index (κ2) is 11.4. The van der Waals surface area contributed by atoms with Crippen molar-refractivity contribution in [2.45, 2.75) is 13.0 Å². The van der Waals surface area contributed by atoms with E-state index in [1.54, 1.807) is 18.2 Å². The van der Waals surface area contributed by atoms with E-state index in [-0.39, 0.29) is 5.24 Å². The summed E-state index contributed by atoms with van der Waals surface area (Å²) < 4.78 is 0. The summed E-state index contributed by atoms with van der Waals surface area (Å²) >= 11 is 19.1. The molecule has 4 nitrogen and oxygen atoms in total. The highest BCUT2D eigenvalue weighted by molar-refractivity contribution is 8.13. The molecular weight excluding hydrogens is 449 g/mol. The van der Waals surface area contributed by atoms with Crippen molar-refractivity contribution in [2.75, 3.05) is 43.8 Å². The van der Waals surface area contributed by atoms with Crippen molar-refractivity contribution >= 4 is 57.5 Å². The highest BCUT2D eigenvalue weighted by Crippen LogP contribution is 2.25. The van der Waals surface area contributed by atoms with Crippen LogP contribution in [0.4, 0.5) is 10.5 Å². The number of nitrogens with zero attached hydrogens (tertiary/aromatic N) is 2. The Labute approximate surface area is 191 Å². The van der Waals surface area contributed by atoms with Crippen molar-refractivity contribution in [3.05, 3.63) is 63.1 Å². The second-order valence-corrected chi connectivity index (χ2v) is 9.31. The number of thioether (sulfide) groups is 1. The number of benzene rings is 2. The molecule has 3 rings (SSSR count). The Kier molecular flexibility index (Phi) is 8.97. The molecule has 0 aliphatic carbocycles. The molecule has 156 valence electrons. The quantitative estimate of drug-likeness (QED) is 0.492. The summed E-state index contributed by atoms with van der Waals surface area (Å²) in [5, 5.41) is 4.45. The smallest absolute Gasteiger partial charge is 0.283 e. The van der Waals surface area contributed by atoms with Gasteiger partial charge in [0.15, 0.2) is 0 Å². The summed E-state index contributed by atoms with van der Waals surface area (Å²) in [5.74, 6) is 0.790. The Morgan fingerprint density at radius 2 is 1.62 bits per heavy atom. The lowest BCUT2D eigenvalue weighted by Crippen LogP contribution is -2.46.